The van der Waals surface area contributed by atoms with Gasteiger partial charge in [0.1, 0.15) is 11.1 Å². The van der Waals surface area contributed by atoms with Gasteiger partial charge in [0.25, 0.3) is 0 Å². The number of hydrogen-bond acceptors (Lipinski definition) is 3. The SMILES string of the molecule is CC1(C)CC(OCCO)CC(C)(C)[NH+]1O. The third kappa shape index (κ3) is 2.91. The Morgan fingerprint density at radius 2 is 1.67 bits per heavy atom. The molecular weight excluding hydrogens is 194 g/mol. The third-order valence-corrected chi connectivity index (χ3v) is 3.20. The van der Waals surface area contributed by atoms with Crippen molar-refractivity contribution < 1.29 is 20.1 Å². The Hall–Kier alpha value is -0.160. The summed E-state index contributed by atoms with van der Waals surface area (Å²) in [5.74, 6) is 0. The van der Waals surface area contributed by atoms with E-state index in [0.717, 1.165) is 12.8 Å². The van der Waals surface area contributed by atoms with Crippen molar-refractivity contribution in [3.63, 3.8) is 0 Å². The number of nitrogens with one attached hydrogen (secondary N) is 1. The van der Waals surface area contributed by atoms with Crippen LogP contribution in [-0.2, 0) is 4.74 Å². The molecular formula is C11H24NO3+. The molecule has 1 rings (SSSR count). The van der Waals surface area contributed by atoms with Crippen molar-refractivity contribution in [3.8, 4) is 0 Å². The molecule has 0 amide bonds. The van der Waals surface area contributed by atoms with Gasteiger partial charge < -0.3 is 9.84 Å². The average molecular weight is 218 g/mol. The zero-order valence-corrected chi connectivity index (χ0v) is 10.2. The fourth-order valence-corrected chi connectivity index (χ4v) is 2.66. The minimum Gasteiger partial charge on any atom is -0.394 e. The maximum absolute atomic E-state index is 10.1. The number of rotatable bonds is 3. The van der Waals surface area contributed by atoms with Crippen molar-refractivity contribution in [2.75, 3.05) is 13.2 Å². The van der Waals surface area contributed by atoms with E-state index in [2.05, 4.69) is 0 Å². The van der Waals surface area contributed by atoms with Crippen LogP contribution in [0.1, 0.15) is 40.5 Å². The number of aliphatic hydroxyl groups excluding tert-OH is 1. The predicted molar refractivity (Wildman–Crippen MR) is 57.0 cm³/mol. The van der Waals surface area contributed by atoms with Crippen molar-refractivity contribution in [1.82, 2.24) is 0 Å². The second-order valence-corrected chi connectivity index (χ2v) is 5.74. The smallest absolute Gasteiger partial charge is 0.124 e. The van der Waals surface area contributed by atoms with Gasteiger partial charge in [-0.15, -0.1) is 0 Å². The van der Waals surface area contributed by atoms with Crippen LogP contribution in [0.3, 0.4) is 0 Å². The first-order valence-corrected chi connectivity index (χ1v) is 5.59. The zero-order valence-electron chi connectivity index (χ0n) is 10.2. The molecule has 0 radical (unpaired) electrons. The highest BCUT2D eigenvalue weighted by Gasteiger charge is 2.49. The zero-order chi connectivity index (χ0) is 11.7. The second kappa shape index (κ2) is 4.37. The number of aliphatic hydroxyl groups is 1. The summed E-state index contributed by atoms with van der Waals surface area (Å²) in [6, 6.07) is 0. The van der Waals surface area contributed by atoms with Crippen molar-refractivity contribution in [3.05, 3.63) is 0 Å². The van der Waals surface area contributed by atoms with E-state index in [1.165, 1.54) is 0 Å². The molecule has 1 fully saturated rings. The Balaban J connectivity index is 2.66. The van der Waals surface area contributed by atoms with Crippen molar-refractivity contribution in [2.45, 2.75) is 57.7 Å². The summed E-state index contributed by atoms with van der Waals surface area (Å²) in [5.41, 5.74) is -0.385. The average Bonchev–Trinajstić information content (AvgIpc) is 2.10. The minimum absolute atomic E-state index is 0.0626. The number of hydrogen-bond donors (Lipinski definition) is 3. The molecule has 1 heterocycles. The highest BCUT2D eigenvalue weighted by molar-refractivity contribution is 4.85. The molecule has 0 spiro atoms. The summed E-state index contributed by atoms with van der Waals surface area (Å²) in [5, 5.41) is 19.4. The normalized spacial score (nSPS) is 34.0. The van der Waals surface area contributed by atoms with Gasteiger partial charge in [-0.05, 0) is 27.7 Å². The van der Waals surface area contributed by atoms with E-state index in [0.29, 0.717) is 11.7 Å². The van der Waals surface area contributed by atoms with Crippen LogP contribution < -0.4 is 5.06 Å². The molecule has 1 saturated heterocycles. The van der Waals surface area contributed by atoms with Crippen molar-refractivity contribution >= 4 is 0 Å². The molecule has 0 aliphatic carbocycles. The van der Waals surface area contributed by atoms with E-state index < -0.39 is 0 Å². The van der Waals surface area contributed by atoms with Gasteiger partial charge in [0.15, 0.2) is 0 Å². The first kappa shape index (κ1) is 12.9. The van der Waals surface area contributed by atoms with Gasteiger partial charge in [-0.3, -0.25) is 0 Å². The number of piperidine rings is 1. The fraction of sp³-hybridized carbons (Fsp3) is 1.00. The van der Waals surface area contributed by atoms with Gasteiger partial charge in [0.2, 0.25) is 0 Å². The maximum atomic E-state index is 10.1. The molecule has 0 atom stereocenters. The van der Waals surface area contributed by atoms with Crippen LogP contribution in [0.2, 0.25) is 0 Å². The van der Waals surface area contributed by atoms with E-state index in [4.69, 9.17) is 9.84 Å². The molecule has 1 aliphatic heterocycles. The molecule has 0 saturated carbocycles. The van der Waals surface area contributed by atoms with Crippen LogP contribution in [0.15, 0.2) is 0 Å². The monoisotopic (exact) mass is 218 g/mol. The minimum atomic E-state index is -0.193. The molecule has 0 aromatic heterocycles. The van der Waals surface area contributed by atoms with Gasteiger partial charge in [-0.25, -0.2) is 5.21 Å². The summed E-state index contributed by atoms with van der Waals surface area (Å²) >= 11 is 0. The lowest BCUT2D eigenvalue weighted by molar-refractivity contribution is -1.16. The molecule has 0 aromatic carbocycles. The predicted octanol–water partition coefficient (Wildman–Crippen LogP) is -0.0110. The van der Waals surface area contributed by atoms with E-state index in [9.17, 15) is 5.21 Å². The van der Waals surface area contributed by atoms with Gasteiger partial charge in [0, 0.05) is 12.8 Å². The van der Waals surface area contributed by atoms with Crippen LogP contribution in [0, 0.1) is 0 Å². The molecule has 15 heavy (non-hydrogen) atoms. The number of ether oxygens (including phenoxy) is 1. The summed E-state index contributed by atoms with van der Waals surface area (Å²) < 4.78 is 5.58. The topological polar surface area (TPSA) is 54.1 Å². The van der Waals surface area contributed by atoms with Gasteiger partial charge in [-0.1, -0.05) is 0 Å². The standard InChI is InChI=1S/C11H23NO3/c1-10(2)7-9(15-6-5-13)8-11(3,4)12(10)14/h9,13-14H,5-8H2,1-4H3/p+1. The second-order valence-electron chi connectivity index (χ2n) is 5.74. The largest absolute Gasteiger partial charge is 0.394 e. The van der Waals surface area contributed by atoms with E-state index in [1.54, 1.807) is 0 Å². The molecule has 4 heteroatoms. The fourth-order valence-electron chi connectivity index (χ4n) is 2.66. The van der Waals surface area contributed by atoms with E-state index in [-0.39, 0.29) is 23.8 Å². The maximum Gasteiger partial charge on any atom is 0.124 e. The van der Waals surface area contributed by atoms with Crippen LogP contribution >= 0.6 is 0 Å². The van der Waals surface area contributed by atoms with Crippen LogP contribution in [-0.4, -0.2) is 40.7 Å². The molecule has 4 nitrogen and oxygen atoms in total. The molecule has 1 aliphatic rings. The molecule has 3 N–H and O–H groups in total. The number of quaternary nitrogens is 1. The highest BCUT2D eigenvalue weighted by atomic mass is 16.5. The van der Waals surface area contributed by atoms with Gasteiger partial charge in [-0.2, -0.15) is 5.06 Å². The molecule has 0 aromatic rings. The molecule has 90 valence electrons. The van der Waals surface area contributed by atoms with Gasteiger partial charge >= 0.3 is 0 Å². The van der Waals surface area contributed by atoms with Crippen LogP contribution in [0.5, 0.6) is 0 Å². The highest BCUT2D eigenvalue weighted by Crippen LogP contribution is 2.25. The lowest BCUT2D eigenvalue weighted by Crippen LogP contribution is -3.25. The lowest BCUT2D eigenvalue weighted by atomic mass is 9.80. The Bertz CT molecular complexity index is 198. The Kier molecular flexibility index (Phi) is 3.76. The van der Waals surface area contributed by atoms with Crippen molar-refractivity contribution in [1.29, 1.82) is 0 Å². The Labute approximate surface area is 91.8 Å². The first-order chi connectivity index (χ1) is 6.79. The van der Waals surface area contributed by atoms with E-state index >= 15 is 0 Å². The summed E-state index contributed by atoms with van der Waals surface area (Å²) in [6.45, 7) is 8.61. The first-order valence-electron chi connectivity index (χ1n) is 5.59. The van der Waals surface area contributed by atoms with Gasteiger partial charge in [0.05, 0.1) is 19.3 Å². The van der Waals surface area contributed by atoms with Crippen LogP contribution in [0.4, 0.5) is 0 Å². The Morgan fingerprint density at radius 3 is 2.07 bits per heavy atom. The van der Waals surface area contributed by atoms with E-state index in [1.807, 2.05) is 27.7 Å². The van der Waals surface area contributed by atoms with Crippen molar-refractivity contribution in [2.24, 2.45) is 0 Å². The summed E-state index contributed by atoms with van der Waals surface area (Å²) in [7, 11) is 0. The lowest BCUT2D eigenvalue weighted by Gasteiger charge is -2.46. The summed E-state index contributed by atoms with van der Waals surface area (Å²) in [6.07, 6.45) is 1.78. The van der Waals surface area contributed by atoms with Crippen LogP contribution in [0.25, 0.3) is 0 Å². The summed E-state index contributed by atoms with van der Waals surface area (Å²) in [4.78, 5) is 0. The third-order valence-electron chi connectivity index (χ3n) is 3.20. The quantitative estimate of drug-likeness (QED) is 0.624. The molecule has 0 unspecified atom stereocenters. The molecule has 0 bridgehead atoms. The number of hydroxylamine groups is 2. The Morgan fingerprint density at radius 1 is 1.20 bits per heavy atom.